The smallest absolute Gasteiger partial charge is 0.268 e. The van der Waals surface area contributed by atoms with Crippen molar-refractivity contribution in [2.24, 2.45) is 5.84 Å². The number of nitrogens with zero attached hydrogens (tertiary/aromatic N) is 1. The number of carbonyl (C=O) groups is 1. The van der Waals surface area contributed by atoms with Crippen LogP contribution in [0, 0.1) is 0 Å². The van der Waals surface area contributed by atoms with Crippen molar-refractivity contribution in [3.05, 3.63) is 29.8 Å². The zero-order valence-corrected chi connectivity index (χ0v) is 9.19. The first-order valence-corrected chi connectivity index (χ1v) is 4.70. The van der Waals surface area contributed by atoms with Gasteiger partial charge in [-0.05, 0) is 45.0 Å². The highest BCUT2D eigenvalue weighted by Crippen LogP contribution is 2.15. The minimum Gasteiger partial charge on any atom is -0.508 e. The Bertz CT molecular complexity index is 352. The number of phenolic OH excluding ortho intramolecular Hbond substituents is 1. The summed E-state index contributed by atoms with van der Waals surface area (Å²) >= 11 is 0. The van der Waals surface area contributed by atoms with Gasteiger partial charge in [-0.1, -0.05) is 0 Å². The summed E-state index contributed by atoms with van der Waals surface area (Å²) in [6.45, 7) is 5.56. The summed E-state index contributed by atoms with van der Waals surface area (Å²) < 4.78 is 0. The highest BCUT2D eigenvalue weighted by atomic mass is 16.3. The van der Waals surface area contributed by atoms with Gasteiger partial charge >= 0.3 is 0 Å². The van der Waals surface area contributed by atoms with Crippen molar-refractivity contribution >= 4 is 5.91 Å². The average molecular weight is 208 g/mol. The molecule has 1 rings (SSSR count). The van der Waals surface area contributed by atoms with E-state index in [1.165, 1.54) is 17.1 Å². The van der Waals surface area contributed by atoms with E-state index < -0.39 is 5.54 Å². The number of hydrazine groups is 1. The minimum absolute atomic E-state index is 0.130. The van der Waals surface area contributed by atoms with Gasteiger partial charge in [0.05, 0.1) is 5.54 Å². The Labute approximate surface area is 89.3 Å². The van der Waals surface area contributed by atoms with E-state index >= 15 is 0 Å². The van der Waals surface area contributed by atoms with Gasteiger partial charge in [-0.2, -0.15) is 0 Å². The Morgan fingerprint density at radius 3 is 2.13 bits per heavy atom. The van der Waals surface area contributed by atoms with Crippen LogP contribution in [-0.2, 0) is 0 Å². The van der Waals surface area contributed by atoms with Crippen LogP contribution >= 0.6 is 0 Å². The number of aromatic hydroxyl groups is 1. The molecule has 82 valence electrons. The van der Waals surface area contributed by atoms with E-state index in [0.717, 1.165) is 0 Å². The first kappa shape index (κ1) is 11.5. The first-order chi connectivity index (χ1) is 6.82. The van der Waals surface area contributed by atoms with E-state index in [-0.39, 0.29) is 11.7 Å². The Morgan fingerprint density at radius 2 is 1.73 bits per heavy atom. The fourth-order valence-electron chi connectivity index (χ4n) is 1.05. The lowest BCUT2D eigenvalue weighted by Gasteiger charge is -2.31. The van der Waals surface area contributed by atoms with Gasteiger partial charge in [-0.15, -0.1) is 0 Å². The molecule has 0 unspecified atom stereocenters. The molecule has 1 aromatic rings. The van der Waals surface area contributed by atoms with Crippen LogP contribution in [0.4, 0.5) is 0 Å². The van der Waals surface area contributed by atoms with Crippen molar-refractivity contribution < 1.29 is 9.90 Å². The summed E-state index contributed by atoms with van der Waals surface area (Å²) in [6, 6.07) is 6.01. The van der Waals surface area contributed by atoms with Crippen LogP contribution in [0.2, 0.25) is 0 Å². The van der Waals surface area contributed by atoms with Gasteiger partial charge in [-0.25, -0.2) is 5.84 Å². The third-order valence-electron chi connectivity index (χ3n) is 2.06. The van der Waals surface area contributed by atoms with Crippen molar-refractivity contribution in [1.29, 1.82) is 0 Å². The summed E-state index contributed by atoms with van der Waals surface area (Å²) in [5.74, 6) is 5.55. The van der Waals surface area contributed by atoms with Crippen LogP contribution < -0.4 is 5.84 Å². The fraction of sp³-hybridized carbons (Fsp3) is 0.364. The van der Waals surface area contributed by atoms with Gasteiger partial charge in [-0.3, -0.25) is 9.80 Å². The molecule has 0 aromatic heterocycles. The number of phenols is 1. The van der Waals surface area contributed by atoms with Crippen LogP contribution in [0.15, 0.2) is 24.3 Å². The molecule has 0 aliphatic carbocycles. The minimum atomic E-state index is -0.422. The number of nitrogens with two attached hydrogens (primary N) is 1. The zero-order valence-electron chi connectivity index (χ0n) is 9.19. The van der Waals surface area contributed by atoms with E-state index in [9.17, 15) is 4.79 Å². The van der Waals surface area contributed by atoms with Crippen LogP contribution in [0.5, 0.6) is 5.75 Å². The van der Waals surface area contributed by atoms with Gasteiger partial charge in [0.25, 0.3) is 5.91 Å². The maximum absolute atomic E-state index is 11.8. The lowest BCUT2D eigenvalue weighted by atomic mass is 10.1. The Balaban J connectivity index is 2.90. The van der Waals surface area contributed by atoms with Crippen molar-refractivity contribution in [2.45, 2.75) is 26.3 Å². The zero-order chi connectivity index (χ0) is 11.6. The Hall–Kier alpha value is -1.55. The molecule has 0 atom stereocenters. The van der Waals surface area contributed by atoms with Gasteiger partial charge in [0.15, 0.2) is 0 Å². The second-order valence-electron chi connectivity index (χ2n) is 4.39. The Kier molecular flexibility index (Phi) is 3.00. The maximum Gasteiger partial charge on any atom is 0.268 e. The van der Waals surface area contributed by atoms with E-state index in [1.54, 1.807) is 12.1 Å². The molecule has 0 heterocycles. The third kappa shape index (κ3) is 2.70. The summed E-state index contributed by atoms with van der Waals surface area (Å²) in [5.41, 5.74) is 0.0415. The second kappa shape index (κ2) is 3.90. The molecule has 0 spiro atoms. The second-order valence-corrected chi connectivity index (χ2v) is 4.39. The number of benzene rings is 1. The summed E-state index contributed by atoms with van der Waals surface area (Å²) in [5, 5.41) is 10.3. The molecule has 0 aliphatic heterocycles. The van der Waals surface area contributed by atoms with E-state index in [0.29, 0.717) is 5.56 Å². The average Bonchev–Trinajstić information content (AvgIpc) is 2.15. The van der Waals surface area contributed by atoms with Gasteiger partial charge in [0.1, 0.15) is 5.75 Å². The molecule has 15 heavy (non-hydrogen) atoms. The van der Waals surface area contributed by atoms with Gasteiger partial charge in [0, 0.05) is 5.56 Å². The maximum atomic E-state index is 11.8. The molecule has 0 bridgehead atoms. The van der Waals surface area contributed by atoms with Gasteiger partial charge in [0.2, 0.25) is 0 Å². The summed E-state index contributed by atoms with van der Waals surface area (Å²) in [4.78, 5) is 11.8. The quantitative estimate of drug-likeness (QED) is 0.417. The highest BCUT2D eigenvalue weighted by Gasteiger charge is 2.24. The van der Waals surface area contributed by atoms with Crippen molar-refractivity contribution in [2.75, 3.05) is 0 Å². The van der Waals surface area contributed by atoms with Crippen molar-refractivity contribution in [1.82, 2.24) is 5.01 Å². The molecular formula is C11H16N2O2. The number of rotatable bonds is 1. The van der Waals surface area contributed by atoms with Crippen LogP contribution in [0.1, 0.15) is 31.1 Å². The largest absolute Gasteiger partial charge is 0.508 e. The van der Waals surface area contributed by atoms with E-state index in [2.05, 4.69) is 0 Å². The normalized spacial score (nSPS) is 11.2. The SMILES string of the molecule is CC(C)(C)N(N)C(=O)c1ccc(O)cc1. The van der Waals surface area contributed by atoms with Crippen LogP contribution in [0.25, 0.3) is 0 Å². The molecule has 0 aliphatic rings. The first-order valence-electron chi connectivity index (χ1n) is 4.70. The monoisotopic (exact) mass is 208 g/mol. The summed E-state index contributed by atoms with van der Waals surface area (Å²) in [6.07, 6.45) is 0. The van der Waals surface area contributed by atoms with Crippen molar-refractivity contribution in [3.8, 4) is 5.75 Å². The lowest BCUT2D eigenvalue weighted by Crippen LogP contribution is -2.50. The molecule has 1 amide bonds. The number of hydrogen-bond acceptors (Lipinski definition) is 3. The topological polar surface area (TPSA) is 66.6 Å². The van der Waals surface area contributed by atoms with Crippen LogP contribution in [0.3, 0.4) is 0 Å². The molecule has 4 heteroatoms. The number of carbonyl (C=O) groups excluding carboxylic acids is 1. The van der Waals surface area contributed by atoms with E-state index in [1.807, 2.05) is 20.8 Å². The molecule has 3 N–H and O–H groups in total. The molecule has 0 radical (unpaired) electrons. The molecule has 0 saturated heterocycles. The number of hydrogen-bond donors (Lipinski definition) is 2. The summed E-state index contributed by atoms with van der Waals surface area (Å²) in [7, 11) is 0. The standard InChI is InChI=1S/C11H16N2O2/c1-11(2,3)13(12)10(15)8-4-6-9(14)7-5-8/h4-7,14H,12H2,1-3H3. The predicted octanol–water partition coefficient (Wildman–Crippen LogP) is 1.51. The van der Waals surface area contributed by atoms with Crippen molar-refractivity contribution in [3.63, 3.8) is 0 Å². The molecule has 4 nitrogen and oxygen atoms in total. The van der Waals surface area contributed by atoms with Crippen LogP contribution in [-0.4, -0.2) is 21.6 Å². The highest BCUT2D eigenvalue weighted by molar-refractivity contribution is 5.94. The molecular weight excluding hydrogens is 192 g/mol. The van der Waals surface area contributed by atoms with Gasteiger partial charge < -0.3 is 5.11 Å². The molecule has 1 aromatic carbocycles. The molecule has 0 fully saturated rings. The fourth-order valence-corrected chi connectivity index (χ4v) is 1.05. The predicted molar refractivity (Wildman–Crippen MR) is 58.2 cm³/mol. The molecule has 0 saturated carbocycles. The van der Waals surface area contributed by atoms with E-state index in [4.69, 9.17) is 10.9 Å². The Morgan fingerprint density at radius 1 is 1.27 bits per heavy atom. The third-order valence-corrected chi connectivity index (χ3v) is 2.06. The lowest BCUT2D eigenvalue weighted by molar-refractivity contribution is 0.0582. The number of amides is 1.